The molecule has 3 nitrogen and oxygen atoms in total. The second-order valence-electron chi connectivity index (χ2n) is 12.5. The van der Waals surface area contributed by atoms with Gasteiger partial charge in [0.05, 0.1) is 6.61 Å². The third kappa shape index (κ3) is 2.37. The van der Waals surface area contributed by atoms with Crippen molar-refractivity contribution in [1.82, 2.24) is 0 Å². The first kappa shape index (κ1) is 20.0. The van der Waals surface area contributed by atoms with Crippen molar-refractivity contribution in [3.05, 3.63) is 12.2 Å². The average molecular weight is 413 g/mol. The Morgan fingerprint density at radius 1 is 0.933 bits per heavy atom. The Balaban J connectivity index is 1.32. The minimum atomic E-state index is -0.685. The first-order chi connectivity index (χ1) is 14.3. The maximum absolute atomic E-state index is 14.0. The number of hydrogen-bond acceptors (Lipinski definition) is 3. The molecule has 2 saturated heterocycles. The summed E-state index contributed by atoms with van der Waals surface area (Å²) in [6.07, 6.45) is 12.3. The van der Waals surface area contributed by atoms with Crippen LogP contribution in [0.25, 0.3) is 0 Å². The van der Waals surface area contributed by atoms with Crippen molar-refractivity contribution in [3.8, 4) is 0 Å². The molecule has 0 aromatic heterocycles. The number of rotatable bonds is 0. The van der Waals surface area contributed by atoms with Gasteiger partial charge in [-0.25, -0.2) is 0 Å². The molecule has 30 heavy (non-hydrogen) atoms. The Morgan fingerprint density at radius 3 is 2.53 bits per heavy atom. The maximum Gasteiger partial charge on any atom is 0.191 e. The summed E-state index contributed by atoms with van der Waals surface area (Å²) in [6, 6.07) is 0. The van der Waals surface area contributed by atoms with Gasteiger partial charge in [-0.05, 0) is 85.0 Å². The van der Waals surface area contributed by atoms with Crippen molar-refractivity contribution in [2.75, 3.05) is 6.61 Å². The Labute approximate surface area is 182 Å². The van der Waals surface area contributed by atoms with Crippen molar-refractivity contribution >= 4 is 5.78 Å². The normalized spacial score (nSPS) is 57.6. The molecule has 6 rings (SSSR count). The smallest absolute Gasteiger partial charge is 0.191 e. The molecule has 0 N–H and O–H groups in total. The van der Waals surface area contributed by atoms with Gasteiger partial charge < -0.3 is 9.47 Å². The van der Waals surface area contributed by atoms with Crippen LogP contribution in [0.5, 0.6) is 0 Å². The summed E-state index contributed by atoms with van der Waals surface area (Å²) in [6.45, 7) is 12.5. The third-order valence-electron chi connectivity index (χ3n) is 11.1. The predicted molar refractivity (Wildman–Crippen MR) is 117 cm³/mol. The van der Waals surface area contributed by atoms with Gasteiger partial charge in [0.2, 0.25) is 0 Å². The van der Waals surface area contributed by atoms with Crippen LogP contribution in [0.15, 0.2) is 12.2 Å². The van der Waals surface area contributed by atoms with Crippen molar-refractivity contribution < 1.29 is 14.3 Å². The van der Waals surface area contributed by atoms with Crippen LogP contribution >= 0.6 is 0 Å². The standard InChI is InChI=1S/C27H40O3/c1-16-10-14-27(29-15-16)17(2)21-24(30-27)23(28)22-19-9-8-18-7-5-6-12-25(18,3)20(19)11-13-26(21,22)4/h16,18-22,24H,2,5-15H2,1,3-4H3/t16?,18?,19-,20+,21+,22-,24-,25+,26-,27-/m1/s1. The zero-order valence-electron chi connectivity index (χ0n) is 19.3. The summed E-state index contributed by atoms with van der Waals surface area (Å²) in [7, 11) is 0. The molecule has 166 valence electrons. The molecule has 2 aliphatic heterocycles. The van der Waals surface area contributed by atoms with Gasteiger partial charge in [-0.2, -0.15) is 0 Å². The van der Waals surface area contributed by atoms with Gasteiger partial charge in [-0.1, -0.05) is 40.2 Å². The van der Waals surface area contributed by atoms with E-state index in [0.717, 1.165) is 43.3 Å². The molecule has 0 aromatic rings. The highest BCUT2D eigenvalue weighted by Gasteiger charge is 2.71. The van der Waals surface area contributed by atoms with E-state index < -0.39 is 5.79 Å². The van der Waals surface area contributed by atoms with E-state index in [1.54, 1.807) is 0 Å². The molecule has 0 bridgehead atoms. The summed E-state index contributed by atoms with van der Waals surface area (Å²) in [4.78, 5) is 14.0. The van der Waals surface area contributed by atoms with Crippen LogP contribution in [0, 0.1) is 46.3 Å². The molecular weight excluding hydrogens is 372 g/mol. The molecule has 3 heteroatoms. The zero-order chi connectivity index (χ0) is 20.9. The van der Waals surface area contributed by atoms with Crippen LogP contribution in [-0.4, -0.2) is 24.3 Å². The van der Waals surface area contributed by atoms with Gasteiger partial charge in [0.1, 0.15) is 6.10 Å². The summed E-state index contributed by atoms with van der Waals surface area (Å²) >= 11 is 0. The van der Waals surface area contributed by atoms with Gasteiger partial charge in [0.25, 0.3) is 0 Å². The average Bonchev–Trinajstić information content (AvgIpc) is 3.13. The maximum atomic E-state index is 14.0. The molecule has 6 aliphatic rings. The molecule has 1 spiro atoms. The van der Waals surface area contributed by atoms with Crippen LogP contribution in [-0.2, 0) is 14.3 Å². The molecule has 2 unspecified atom stereocenters. The number of ketones is 1. The Morgan fingerprint density at radius 2 is 1.77 bits per heavy atom. The summed E-state index contributed by atoms with van der Waals surface area (Å²) < 4.78 is 12.9. The lowest BCUT2D eigenvalue weighted by Gasteiger charge is -2.60. The van der Waals surface area contributed by atoms with E-state index in [4.69, 9.17) is 9.47 Å². The lowest BCUT2D eigenvalue weighted by atomic mass is 9.44. The molecule has 2 heterocycles. The fourth-order valence-electron chi connectivity index (χ4n) is 9.54. The highest BCUT2D eigenvalue weighted by Crippen LogP contribution is 2.70. The molecule has 6 fully saturated rings. The van der Waals surface area contributed by atoms with Gasteiger partial charge in [-0.3, -0.25) is 4.79 Å². The summed E-state index contributed by atoms with van der Waals surface area (Å²) in [5, 5.41) is 0. The lowest BCUT2D eigenvalue weighted by Crippen LogP contribution is -2.54. The van der Waals surface area contributed by atoms with Gasteiger partial charge in [0.15, 0.2) is 11.6 Å². The minimum Gasteiger partial charge on any atom is -0.346 e. The highest BCUT2D eigenvalue weighted by molar-refractivity contribution is 5.91. The SMILES string of the molecule is C=C1[C@H]2[C@@H](O[C@]13CCC(C)CO3)C(=O)[C@H]1[C@@H]3CCC4CCCC[C@]4(C)[C@H]3CC[C@@]12C. The number of carbonyl (C=O) groups is 1. The van der Waals surface area contributed by atoms with Crippen molar-refractivity contribution in [2.24, 2.45) is 46.3 Å². The minimum absolute atomic E-state index is 0.00772. The first-order valence-electron chi connectivity index (χ1n) is 12.8. The lowest BCUT2D eigenvalue weighted by molar-refractivity contribution is -0.234. The Hall–Kier alpha value is -0.670. The zero-order valence-corrected chi connectivity index (χ0v) is 19.3. The van der Waals surface area contributed by atoms with Gasteiger partial charge in [-0.15, -0.1) is 0 Å². The number of ether oxygens (including phenoxy) is 2. The van der Waals surface area contributed by atoms with Crippen LogP contribution in [0.4, 0.5) is 0 Å². The number of Topliss-reactive ketones (excluding diaryl/α,β-unsaturated/α-hetero) is 1. The van der Waals surface area contributed by atoms with Crippen LogP contribution in [0.1, 0.15) is 85.0 Å². The molecular formula is C27H40O3. The molecule has 0 amide bonds. The van der Waals surface area contributed by atoms with Crippen molar-refractivity contribution in [1.29, 1.82) is 0 Å². The van der Waals surface area contributed by atoms with E-state index in [2.05, 4.69) is 27.4 Å². The highest BCUT2D eigenvalue weighted by atomic mass is 16.7. The van der Waals surface area contributed by atoms with Crippen LogP contribution < -0.4 is 0 Å². The van der Waals surface area contributed by atoms with Crippen molar-refractivity contribution in [2.45, 2.75) is 96.9 Å². The third-order valence-corrected chi connectivity index (χ3v) is 11.1. The Bertz CT molecular complexity index is 764. The molecule has 0 radical (unpaired) electrons. The van der Waals surface area contributed by atoms with Crippen molar-refractivity contribution in [3.63, 3.8) is 0 Å². The summed E-state index contributed by atoms with van der Waals surface area (Å²) in [5.41, 5.74) is 1.56. The summed E-state index contributed by atoms with van der Waals surface area (Å²) in [5.74, 6) is 2.77. The van der Waals surface area contributed by atoms with E-state index in [1.807, 2.05) is 0 Å². The van der Waals surface area contributed by atoms with Gasteiger partial charge >= 0.3 is 0 Å². The van der Waals surface area contributed by atoms with E-state index in [1.165, 1.54) is 44.9 Å². The number of carbonyl (C=O) groups excluding carboxylic acids is 1. The fourth-order valence-corrected chi connectivity index (χ4v) is 9.54. The number of hydrogen-bond donors (Lipinski definition) is 0. The fraction of sp³-hybridized carbons (Fsp3) is 0.889. The van der Waals surface area contributed by atoms with E-state index >= 15 is 0 Å². The van der Waals surface area contributed by atoms with Gasteiger partial charge in [0, 0.05) is 18.3 Å². The quantitative estimate of drug-likeness (QED) is 0.463. The molecule has 4 saturated carbocycles. The topological polar surface area (TPSA) is 35.5 Å². The van der Waals surface area contributed by atoms with Crippen LogP contribution in [0.2, 0.25) is 0 Å². The monoisotopic (exact) mass is 412 g/mol. The predicted octanol–water partition coefficient (Wildman–Crippen LogP) is 5.92. The van der Waals surface area contributed by atoms with E-state index in [-0.39, 0.29) is 23.4 Å². The largest absolute Gasteiger partial charge is 0.346 e. The second-order valence-corrected chi connectivity index (χ2v) is 12.5. The van der Waals surface area contributed by atoms with E-state index in [9.17, 15) is 4.79 Å². The molecule has 4 aliphatic carbocycles. The molecule has 0 aromatic carbocycles. The van der Waals surface area contributed by atoms with Crippen LogP contribution in [0.3, 0.4) is 0 Å². The molecule has 10 atom stereocenters. The number of fused-ring (bicyclic) bond motifs is 7. The first-order valence-corrected chi connectivity index (χ1v) is 12.8. The second kappa shape index (κ2) is 6.44. The Kier molecular flexibility index (Phi) is 4.29. The van der Waals surface area contributed by atoms with E-state index in [0.29, 0.717) is 23.0 Å².